The molecule has 1 aromatic rings. The summed E-state index contributed by atoms with van der Waals surface area (Å²) in [6, 6.07) is 0.203. The molecule has 2 aliphatic rings. The molecule has 1 aromatic heterocycles. The lowest BCUT2D eigenvalue weighted by atomic mass is 9.94. The molecule has 0 saturated carbocycles. The van der Waals surface area contributed by atoms with Gasteiger partial charge in [-0.15, -0.1) is 10.2 Å². The van der Waals surface area contributed by atoms with Crippen LogP contribution in [0.4, 0.5) is 0 Å². The van der Waals surface area contributed by atoms with Crippen molar-refractivity contribution in [1.82, 2.24) is 35.2 Å². The van der Waals surface area contributed by atoms with Crippen LogP contribution in [0.15, 0.2) is 0 Å². The molecule has 27 heavy (non-hydrogen) atoms. The predicted molar refractivity (Wildman–Crippen MR) is 105 cm³/mol. The fraction of sp³-hybridized carbons (Fsp3) is 0.842. The molecule has 3 rings (SSSR count). The van der Waals surface area contributed by atoms with Gasteiger partial charge in [0.2, 0.25) is 5.91 Å². The van der Waals surface area contributed by atoms with E-state index in [1.807, 2.05) is 13.8 Å². The van der Waals surface area contributed by atoms with Crippen LogP contribution in [-0.4, -0.2) is 82.3 Å². The summed E-state index contributed by atoms with van der Waals surface area (Å²) in [5, 5.41) is 15.3. The number of nitrogens with zero attached hydrogens (tertiary/aromatic N) is 5. The van der Waals surface area contributed by atoms with Gasteiger partial charge < -0.3 is 15.2 Å². The van der Waals surface area contributed by atoms with Crippen molar-refractivity contribution >= 4 is 5.91 Å². The first-order valence-electron chi connectivity index (χ1n) is 10.3. The maximum Gasteiger partial charge on any atom is 0.234 e. The van der Waals surface area contributed by atoms with Gasteiger partial charge in [0.1, 0.15) is 11.6 Å². The molecule has 3 heterocycles. The molecule has 152 valence electrons. The Kier molecular flexibility index (Phi) is 7.20. The van der Waals surface area contributed by atoms with Crippen LogP contribution in [0.1, 0.15) is 38.3 Å². The molecule has 0 aliphatic carbocycles. The Hall–Kier alpha value is -1.51. The van der Waals surface area contributed by atoms with Gasteiger partial charge in [-0.2, -0.15) is 0 Å². The molecule has 8 heteroatoms. The molecule has 0 unspecified atom stereocenters. The van der Waals surface area contributed by atoms with Crippen molar-refractivity contribution in [3.8, 4) is 0 Å². The van der Waals surface area contributed by atoms with Crippen molar-refractivity contribution in [2.24, 2.45) is 13.0 Å². The van der Waals surface area contributed by atoms with E-state index in [0.29, 0.717) is 6.54 Å². The molecule has 2 N–H and O–H groups in total. The third-order valence-corrected chi connectivity index (χ3v) is 5.63. The Labute approximate surface area is 162 Å². The number of nitrogens with one attached hydrogen (secondary N) is 2. The highest BCUT2D eigenvalue weighted by atomic mass is 16.2. The summed E-state index contributed by atoms with van der Waals surface area (Å²) in [6.45, 7) is 11.3. The molecule has 0 atom stereocenters. The van der Waals surface area contributed by atoms with E-state index in [1.54, 1.807) is 0 Å². The third-order valence-electron chi connectivity index (χ3n) is 5.63. The van der Waals surface area contributed by atoms with Crippen LogP contribution in [0.25, 0.3) is 0 Å². The van der Waals surface area contributed by atoms with Crippen molar-refractivity contribution in [3.05, 3.63) is 11.6 Å². The van der Waals surface area contributed by atoms with Gasteiger partial charge in [-0.3, -0.25) is 14.6 Å². The quantitative estimate of drug-likeness (QED) is 0.696. The van der Waals surface area contributed by atoms with Crippen molar-refractivity contribution in [2.45, 2.75) is 45.7 Å². The Morgan fingerprint density at radius 1 is 1.11 bits per heavy atom. The topological polar surface area (TPSA) is 78.3 Å². The van der Waals surface area contributed by atoms with Crippen molar-refractivity contribution in [3.63, 3.8) is 0 Å². The summed E-state index contributed by atoms with van der Waals surface area (Å²) < 4.78 is 2.19. The second-order valence-corrected chi connectivity index (χ2v) is 8.26. The largest absolute Gasteiger partial charge is 0.353 e. The first kappa shape index (κ1) is 20.2. The van der Waals surface area contributed by atoms with E-state index in [2.05, 4.69) is 42.2 Å². The SMILES string of the molecule is CC(C)NC(=O)CN1CCN(Cc2nnc(CC3CCNCC3)n2C)CC1. The second kappa shape index (κ2) is 9.61. The van der Waals surface area contributed by atoms with Gasteiger partial charge in [-0.1, -0.05) is 0 Å². The summed E-state index contributed by atoms with van der Waals surface area (Å²) in [5.41, 5.74) is 0. The molecule has 1 amide bonds. The van der Waals surface area contributed by atoms with Crippen LogP contribution in [0.5, 0.6) is 0 Å². The molecular formula is C19H35N7O. The van der Waals surface area contributed by atoms with Crippen LogP contribution >= 0.6 is 0 Å². The first-order valence-corrected chi connectivity index (χ1v) is 10.3. The smallest absolute Gasteiger partial charge is 0.234 e. The minimum Gasteiger partial charge on any atom is -0.353 e. The van der Waals surface area contributed by atoms with Crippen molar-refractivity contribution in [1.29, 1.82) is 0 Å². The molecule has 0 bridgehead atoms. The molecular weight excluding hydrogens is 342 g/mol. The zero-order valence-corrected chi connectivity index (χ0v) is 17.1. The number of piperazine rings is 1. The van der Waals surface area contributed by atoms with Crippen molar-refractivity contribution < 1.29 is 4.79 Å². The van der Waals surface area contributed by atoms with E-state index in [1.165, 1.54) is 12.8 Å². The number of aromatic nitrogens is 3. The lowest BCUT2D eigenvalue weighted by molar-refractivity contribution is -0.123. The average molecular weight is 378 g/mol. The Balaban J connectivity index is 1.44. The number of hydrogen-bond donors (Lipinski definition) is 2. The minimum atomic E-state index is 0.120. The van der Waals surface area contributed by atoms with Gasteiger partial charge in [-0.05, 0) is 45.7 Å². The molecule has 2 aliphatic heterocycles. The van der Waals surface area contributed by atoms with E-state index in [4.69, 9.17) is 0 Å². The first-order chi connectivity index (χ1) is 13.0. The summed E-state index contributed by atoms with van der Waals surface area (Å²) in [5.74, 6) is 3.00. The van der Waals surface area contributed by atoms with Gasteiger partial charge in [0, 0.05) is 45.7 Å². The van der Waals surface area contributed by atoms with Gasteiger partial charge in [0.15, 0.2) is 0 Å². The number of hydrogen-bond acceptors (Lipinski definition) is 6. The van der Waals surface area contributed by atoms with Gasteiger partial charge in [-0.25, -0.2) is 0 Å². The van der Waals surface area contributed by atoms with Gasteiger partial charge >= 0.3 is 0 Å². The van der Waals surface area contributed by atoms with Crippen LogP contribution in [0, 0.1) is 5.92 Å². The molecule has 8 nitrogen and oxygen atoms in total. The highest BCUT2D eigenvalue weighted by Gasteiger charge is 2.22. The predicted octanol–water partition coefficient (Wildman–Crippen LogP) is -0.000600. The summed E-state index contributed by atoms with van der Waals surface area (Å²) in [7, 11) is 2.10. The van der Waals surface area contributed by atoms with E-state index in [-0.39, 0.29) is 11.9 Å². The summed E-state index contributed by atoms with van der Waals surface area (Å²) >= 11 is 0. The minimum absolute atomic E-state index is 0.120. The maximum atomic E-state index is 11.9. The zero-order valence-electron chi connectivity index (χ0n) is 17.1. The third kappa shape index (κ3) is 5.99. The fourth-order valence-electron chi connectivity index (χ4n) is 3.93. The van der Waals surface area contributed by atoms with Gasteiger partial charge in [0.05, 0.1) is 13.1 Å². The maximum absolute atomic E-state index is 11.9. The fourth-order valence-corrected chi connectivity index (χ4v) is 3.93. The molecule has 2 fully saturated rings. The number of carbonyl (C=O) groups is 1. The number of rotatable bonds is 7. The Morgan fingerprint density at radius 2 is 1.74 bits per heavy atom. The van der Waals surface area contributed by atoms with Crippen molar-refractivity contribution in [2.75, 3.05) is 45.8 Å². The summed E-state index contributed by atoms with van der Waals surface area (Å²) in [4.78, 5) is 16.6. The Bertz CT molecular complexity index is 601. The van der Waals surface area contributed by atoms with Crippen LogP contribution < -0.4 is 10.6 Å². The number of carbonyl (C=O) groups excluding carboxylic acids is 1. The highest BCUT2D eigenvalue weighted by molar-refractivity contribution is 5.78. The van der Waals surface area contributed by atoms with Crippen LogP contribution in [0.3, 0.4) is 0 Å². The van der Waals surface area contributed by atoms with Gasteiger partial charge in [0.25, 0.3) is 0 Å². The monoisotopic (exact) mass is 377 g/mol. The molecule has 0 radical (unpaired) electrons. The lowest BCUT2D eigenvalue weighted by Crippen LogP contribution is -2.49. The zero-order chi connectivity index (χ0) is 19.2. The van der Waals surface area contributed by atoms with E-state index < -0.39 is 0 Å². The number of amides is 1. The summed E-state index contributed by atoms with van der Waals surface area (Å²) in [6.07, 6.45) is 3.49. The highest BCUT2D eigenvalue weighted by Crippen LogP contribution is 2.17. The molecule has 0 aromatic carbocycles. The Morgan fingerprint density at radius 3 is 2.41 bits per heavy atom. The number of piperidine rings is 1. The van der Waals surface area contributed by atoms with E-state index in [0.717, 1.165) is 69.8 Å². The standard InChI is InChI=1S/C19H35N7O/c1-15(2)21-19(27)14-26-10-8-25(9-11-26)13-18-23-22-17(24(18)3)12-16-4-6-20-7-5-16/h15-16,20H,4-14H2,1-3H3,(H,21,27). The second-order valence-electron chi connectivity index (χ2n) is 8.26. The molecule has 2 saturated heterocycles. The van der Waals surface area contributed by atoms with E-state index in [9.17, 15) is 4.79 Å². The average Bonchev–Trinajstić information content (AvgIpc) is 2.97. The molecule has 0 spiro atoms. The van der Waals surface area contributed by atoms with Crippen LogP contribution in [0.2, 0.25) is 0 Å². The van der Waals surface area contributed by atoms with E-state index >= 15 is 0 Å². The van der Waals surface area contributed by atoms with Crippen LogP contribution in [-0.2, 0) is 24.8 Å². The lowest BCUT2D eigenvalue weighted by Gasteiger charge is -2.34. The normalized spacial score (nSPS) is 20.3.